The average molecular weight is 368 g/mol. The van der Waals surface area contributed by atoms with Crippen molar-refractivity contribution in [3.8, 4) is 0 Å². The summed E-state index contributed by atoms with van der Waals surface area (Å²) in [7, 11) is 1.67. The van der Waals surface area contributed by atoms with Crippen LogP contribution in [-0.2, 0) is 17.8 Å². The van der Waals surface area contributed by atoms with E-state index in [9.17, 15) is 14.4 Å². The molecule has 0 atom stereocenters. The highest BCUT2D eigenvalue weighted by Crippen LogP contribution is 2.21. The van der Waals surface area contributed by atoms with Crippen molar-refractivity contribution in [2.75, 3.05) is 25.9 Å². The van der Waals surface area contributed by atoms with Crippen molar-refractivity contribution in [1.82, 2.24) is 14.8 Å². The van der Waals surface area contributed by atoms with Crippen molar-refractivity contribution in [2.45, 2.75) is 13.0 Å². The van der Waals surface area contributed by atoms with Gasteiger partial charge >= 0.3 is 5.97 Å². The topological polar surface area (TPSA) is 117 Å². The molecule has 8 heteroatoms. The van der Waals surface area contributed by atoms with Crippen LogP contribution in [0.3, 0.4) is 0 Å². The summed E-state index contributed by atoms with van der Waals surface area (Å²) in [5.74, 6) is -1.17. The predicted molar refractivity (Wildman–Crippen MR) is 98.1 cm³/mol. The van der Waals surface area contributed by atoms with E-state index in [1.165, 1.54) is 9.80 Å². The number of rotatable bonds is 5. The maximum absolute atomic E-state index is 12.7. The first kappa shape index (κ1) is 18.4. The molecule has 0 aliphatic carbocycles. The number of hydrogen-bond donors (Lipinski definition) is 2. The van der Waals surface area contributed by atoms with E-state index in [2.05, 4.69) is 4.98 Å². The van der Waals surface area contributed by atoms with Crippen LogP contribution in [0.25, 0.3) is 0 Å². The number of carboxylic acid groups (broad SMARTS) is 1. The van der Waals surface area contributed by atoms with Gasteiger partial charge in [-0.2, -0.15) is 0 Å². The Labute approximate surface area is 156 Å². The van der Waals surface area contributed by atoms with E-state index >= 15 is 0 Å². The molecule has 1 aliphatic rings. The summed E-state index contributed by atoms with van der Waals surface area (Å²) < 4.78 is 0. The third-order valence-electron chi connectivity index (χ3n) is 4.42. The van der Waals surface area contributed by atoms with Crippen molar-refractivity contribution in [3.05, 3.63) is 58.8 Å². The lowest BCUT2D eigenvalue weighted by molar-refractivity contribution is -0.137. The number of benzene rings is 1. The lowest BCUT2D eigenvalue weighted by atomic mass is 9.96. The number of carboxylic acids is 1. The van der Waals surface area contributed by atoms with Crippen LogP contribution in [-0.4, -0.2) is 57.8 Å². The molecule has 0 radical (unpaired) electrons. The zero-order chi connectivity index (χ0) is 19.6. The monoisotopic (exact) mass is 368 g/mol. The van der Waals surface area contributed by atoms with Crippen LogP contribution in [0.5, 0.6) is 0 Å². The second kappa shape index (κ2) is 7.45. The Balaban J connectivity index is 1.75. The lowest BCUT2D eigenvalue weighted by Crippen LogP contribution is -2.41. The van der Waals surface area contributed by atoms with Crippen LogP contribution in [0, 0.1) is 0 Å². The number of aliphatic carboxylic acids is 1. The highest BCUT2D eigenvalue weighted by molar-refractivity contribution is 6.00. The third-order valence-corrected chi connectivity index (χ3v) is 4.42. The SMILES string of the molecule is CN(Cc1cccc(N)n1)C(=O)c1ccc2c(c1)CCN(CC(=O)O)C2=O. The highest BCUT2D eigenvalue weighted by atomic mass is 16.4. The summed E-state index contributed by atoms with van der Waals surface area (Å²) >= 11 is 0. The number of hydrogen-bond acceptors (Lipinski definition) is 5. The minimum atomic E-state index is -1.05. The Bertz CT molecular complexity index is 912. The van der Waals surface area contributed by atoms with E-state index in [0.29, 0.717) is 42.1 Å². The number of nitrogens with two attached hydrogens (primary N) is 1. The number of fused-ring (bicyclic) bond motifs is 1. The summed E-state index contributed by atoms with van der Waals surface area (Å²) in [6, 6.07) is 10.1. The average Bonchev–Trinajstić information content (AvgIpc) is 2.63. The van der Waals surface area contributed by atoms with Crippen molar-refractivity contribution < 1.29 is 19.5 Å². The number of anilines is 1. The molecule has 2 heterocycles. The van der Waals surface area contributed by atoms with E-state index in [1.54, 1.807) is 43.4 Å². The van der Waals surface area contributed by atoms with Gasteiger partial charge in [0.25, 0.3) is 11.8 Å². The molecule has 1 aromatic carbocycles. The first-order valence-electron chi connectivity index (χ1n) is 8.46. The lowest BCUT2D eigenvalue weighted by Gasteiger charge is -2.27. The standard InChI is InChI=1S/C19H20N4O4/c1-22(10-14-3-2-4-16(20)21-14)18(26)13-5-6-15-12(9-13)7-8-23(19(15)27)11-17(24)25/h2-6,9H,7-8,10-11H2,1H3,(H2,20,21)(H,24,25). The molecule has 0 bridgehead atoms. The number of aromatic nitrogens is 1. The summed E-state index contributed by atoms with van der Waals surface area (Å²) in [6.45, 7) is 0.306. The molecule has 0 saturated carbocycles. The van der Waals surface area contributed by atoms with Crippen molar-refractivity contribution in [2.24, 2.45) is 0 Å². The Morgan fingerprint density at radius 2 is 2.07 bits per heavy atom. The van der Waals surface area contributed by atoms with Crippen LogP contribution >= 0.6 is 0 Å². The van der Waals surface area contributed by atoms with Crippen LogP contribution in [0.2, 0.25) is 0 Å². The molecule has 0 unspecified atom stereocenters. The molecule has 3 rings (SSSR count). The van der Waals surface area contributed by atoms with Gasteiger partial charge in [0.05, 0.1) is 12.2 Å². The summed E-state index contributed by atoms with van der Waals surface area (Å²) in [5, 5.41) is 8.89. The molecule has 27 heavy (non-hydrogen) atoms. The molecule has 0 fully saturated rings. The number of carbonyl (C=O) groups excluding carboxylic acids is 2. The smallest absolute Gasteiger partial charge is 0.323 e. The normalized spacial score (nSPS) is 13.2. The molecule has 0 saturated heterocycles. The van der Waals surface area contributed by atoms with Gasteiger partial charge in [0.2, 0.25) is 0 Å². The summed E-state index contributed by atoms with van der Waals surface area (Å²) in [4.78, 5) is 43.0. The molecule has 0 spiro atoms. The Hall–Kier alpha value is -3.42. The van der Waals surface area contributed by atoms with E-state index in [-0.39, 0.29) is 18.4 Å². The second-order valence-corrected chi connectivity index (χ2v) is 6.46. The van der Waals surface area contributed by atoms with E-state index in [4.69, 9.17) is 10.8 Å². The predicted octanol–water partition coefficient (Wildman–Crippen LogP) is 1.02. The largest absolute Gasteiger partial charge is 0.480 e. The van der Waals surface area contributed by atoms with Gasteiger partial charge in [0, 0.05) is 24.7 Å². The number of nitrogens with zero attached hydrogens (tertiary/aromatic N) is 3. The number of carbonyl (C=O) groups is 3. The molecule has 2 aromatic rings. The first-order chi connectivity index (χ1) is 12.8. The maximum atomic E-state index is 12.7. The Kier molecular flexibility index (Phi) is 5.07. The molecule has 1 aliphatic heterocycles. The van der Waals surface area contributed by atoms with Crippen molar-refractivity contribution >= 4 is 23.6 Å². The minimum Gasteiger partial charge on any atom is -0.480 e. The molecular weight excluding hydrogens is 348 g/mol. The fraction of sp³-hybridized carbons (Fsp3) is 0.263. The molecular formula is C19H20N4O4. The van der Waals surface area contributed by atoms with Gasteiger partial charge in [-0.15, -0.1) is 0 Å². The molecule has 3 N–H and O–H groups in total. The second-order valence-electron chi connectivity index (χ2n) is 6.46. The zero-order valence-corrected chi connectivity index (χ0v) is 14.9. The summed E-state index contributed by atoms with van der Waals surface area (Å²) in [6.07, 6.45) is 0.510. The Morgan fingerprint density at radius 3 is 2.78 bits per heavy atom. The van der Waals surface area contributed by atoms with Gasteiger partial charge in [0.15, 0.2) is 0 Å². The number of nitrogen functional groups attached to an aromatic ring is 1. The Morgan fingerprint density at radius 1 is 1.30 bits per heavy atom. The van der Waals surface area contributed by atoms with Gasteiger partial charge < -0.3 is 20.6 Å². The quantitative estimate of drug-likeness (QED) is 0.814. The van der Waals surface area contributed by atoms with Gasteiger partial charge in [-0.1, -0.05) is 6.07 Å². The number of amides is 2. The highest BCUT2D eigenvalue weighted by Gasteiger charge is 2.26. The van der Waals surface area contributed by atoms with E-state index < -0.39 is 5.97 Å². The molecule has 140 valence electrons. The molecule has 2 amide bonds. The van der Waals surface area contributed by atoms with Gasteiger partial charge in [-0.25, -0.2) is 4.98 Å². The third kappa shape index (κ3) is 4.05. The van der Waals surface area contributed by atoms with Gasteiger partial charge in [-0.3, -0.25) is 14.4 Å². The first-order valence-corrected chi connectivity index (χ1v) is 8.46. The number of pyridine rings is 1. The van der Waals surface area contributed by atoms with E-state index in [1.807, 2.05) is 0 Å². The fourth-order valence-electron chi connectivity index (χ4n) is 3.11. The van der Waals surface area contributed by atoms with Crippen molar-refractivity contribution in [3.63, 3.8) is 0 Å². The summed E-state index contributed by atoms with van der Waals surface area (Å²) in [5.41, 5.74) is 8.02. The fourth-order valence-corrected chi connectivity index (χ4v) is 3.11. The van der Waals surface area contributed by atoms with Crippen LogP contribution < -0.4 is 5.73 Å². The van der Waals surface area contributed by atoms with Crippen molar-refractivity contribution in [1.29, 1.82) is 0 Å². The molecule has 8 nitrogen and oxygen atoms in total. The van der Waals surface area contributed by atoms with Crippen LogP contribution in [0.15, 0.2) is 36.4 Å². The van der Waals surface area contributed by atoms with E-state index in [0.717, 1.165) is 5.56 Å². The van der Waals surface area contributed by atoms with Crippen LogP contribution in [0.4, 0.5) is 5.82 Å². The minimum absolute atomic E-state index is 0.192. The molecule has 1 aromatic heterocycles. The maximum Gasteiger partial charge on any atom is 0.323 e. The zero-order valence-electron chi connectivity index (χ0n) is 14.9. The van der Waals surface area contributed by atoms with Gasteiger partial charge in [-0.05, 0) is 42.3 Å². The van der Waals surface area contributed by atoms with Gasteiger partial charge in [0.1, 0.15) is 12.4 Å². The van der Waals surface area contributed by atoms with Crippen LogP contribution in [0.1, 0.15) is 32.0 Å².